The Kier molecular flexibility index (Phi) is 4.03. The lowest BCUT2D eigenvalue weighted by atomic mass is 10.3. The molecule has 2 aromatic rings. The second-order valence-corrected chi connectivity index (χ2v) is 5.36. The van der Waals surface area contributed by atoms with Crippen LogP contribution in [0, 0.1) is 0 Å². The maximum absolute atomic E-state index is 12.1. The van der Waals surface area contributed by atoms with Crippen molar-refractivity contribution in [1.82, 2.24) is 9.55 Å². The zero-order valence-corrected chi connectivity index (χ0v) is 12.6. The van der Waals surface area contributed by atoms with E-state index in [1.165, 1.54) is 18.2 Å². The summed E-state index contributed by atoms with van der Waals surface area (Å²) < 4.78 is 0.453. The minimum Gasteiger partial charge on any atom is -0.477 e. The summed E-state index contributed by atoms with van der Waals surface area (Å²) in [5.41, 5.74) is -2.13. The molecule has 0 atom stereocenters. The second-order valence-electron chi connectivity index (χ2n) is 3.69. The molecule has 104 valence electrons. The minimum absolute atomic E-state index is 0.131. The monoisotopic (exact) mass is 378 g/mol. The second kappa shape index (κ2) is 5.43. The Morgan fingerprint density at radius 1 is 1.20 bits per heavy atom. The predicted octanol–water partition coefficient (Wildman–Crippen LogP) is 2.29. The van der Waals surface area contributed by atoms with Gasteiger partial charge in [0.05, 0.1) is 5.69 Å². The van der Waals surface area contributed by atoms with Crippen LogP contribution in [0.2, 0.25) is 10.0 Å². The van der Waals surface area contributed by atoms with Gasteiger partial charge in [-0.05, 0) is 34.1 Å². The maximum Gasteiger partial charge on any atom is 0.353 e. The Labute approximate surface area is 129 Å². The standard InChI is InChI=1S/C11H5BrCl2N2O4/c12-7-8(10(18)19)15-11(20)16(9(7)17)6-2-4(13)1-5(14)3-6/h1-3H,(H,15,20)(H,18,19). The van der Waals surface area contributed by atoms with Crippen molar-refractivity contribution in [3.8, 4) is 5.69 Å². The molecule has 0 fully saturated rings. The summed E-state index contributed by atoms with van der Waals surface area (Å²) in [6.45, 7) is 0. The molecule has 1 heterocycles. The number of nitrogens with one attached hydrogen (secondary N) is 1. The molecular formula is C11H5BrCl2N2O4. The van der Waals surface area contributed by atoms with Crippen molar-refractivity contribution in [2.24, 2.45) is 0 Å². The average molecular weight is 380 g/mol. The van der Waals surface area contributed by atoms with E-state index in [9.17, 15) is 14.4 Å². The number of aromatic amines is 1. The first-order valence-corrected chi connectivity index (χ1v) is 6.60. The van der Waals surface area contributed by atoms with Crippen molar-refractivity contribution >= 4 is 45.1 Å². The molecule has 6 nitrogen and oxygen atoms in total. The number of rotatable bonds is 2. The van der Waals surface area contributed by atoms with Crippen LogP contribution in [0.5, 0.6) is 0 Å². The van der Waals surface area contributed by atoms with Gasteiger partial charge in [-0.3, -0.25) is 9.78 Å². The lowest BCUT2D eigenvalue weighted by Gasteiger charge is -2.07. The number of halogens is 3. The van der Waals surface area contributed by atoms with E-state index in [4.69, 9.17) is 28.3 Å². The van der Waals surface area contributed by atoms with Crippen LogP contribution in [0.3, 0.4) is 0 Å². The van der Waals surface area contributed by atoms with E-state index in [0.717, 1.165) is 4.57 Å². The van der Waals surface area contributed by atoms with Gasteiger partial charge in [0, 0.05) is 10.0 Å². The van der Waals surface area contributed by atoms with E-state index in [-0.39, 0.29) is 20.2 Å². The highest BCUT2D eigenvalue weighted by atomic mass is 79.9. The van der Waals surface area contributed by atoms with Gasteiger partial charge in [-0.2, -0.15) is 0 Å². The van der Waals surface area contributed by atoms with Crippen LogP contribution in [0.15, 0.2) is 32.3 Å². The van der Waals surface area contributed by atoms with Gasteiger partial charge in [-0.25, -0.2) is 14.2 Å². The number of nitrogens with zero attached hydrogens (tertiary/aromatic N) is 1. The molecule has 0 aliphatic rings. The van der Waals surface area contributed by atoms with Crippen LogP contribution in [0.1, 0.15) is 10.5 Å². The summed E-state index contributed by atoms with van der Waals surface area (Å²) in [7, 11) is 0. The molecule has 0 amide bonds. The summed E-state index contributed by atoms with van der Waals surface area (Å²) >= 11 is 14.5. The largest absolute Gasteiger partial charge is 0.477 e. The molecule has 1 aromatic carbocycles. The SMILES string of the molecule is O=C(O)c1[nH]c(=O)n(-c2cc(Cl)cc(Cl)c2)c(=O)c1Br. The lowest BCUT2D eigenvalue weighted by molar-refractivity contribution is 0.0688. The zero-order chi connectivity index (χ0) is 15.0. The van der Waals surface area contributed by atoms with Crippen molar-refractivity contribution < 1.29 is 9.90 Å². The summed E-state index contributed by atoms with van der Waals surface area (Å²) in [6.07, 6.45) is 0. The van der Waals surface area contributed by atoms with Crippen LogP contribution in [-0.2, 0) is 0 Å². The molecule has 0 radical (unpaired) electrons. The van der Waals surface area contributed by atoms with E-state index in [2.05, 4.69) is 20.9 Å². The summed E-state index contributed by atoms with van der Waals surface area (Å²) in [4.78, 5) is 37.0. The van der Waals surface area contributed by atoms with Gasteiger partial charge >= 0.3 is 11.7 Å². The van der Waals surface area contributed by atoms with Gasteiger partial charge in [-0.15, -0.1) is 0 Å². The fourth-order valence-corrected chi connectivity index (χ4v) is 2.53. The first kappa shape index (κ1) is 14.8. The molecule has 9 heteroatoms. The number of H-pyrrole nitrogens is 1. The fraction of sp³-hybridized carbons (Fsp3) is 0. The third-order valence-electron chi connectivity index (χ3n) is 2.36. The number of aromatic carboxylic acids is 1. The highest BCUT2D eigenvalue weighted by molar-refractivity contribution is 9.10. The first-order chi connectivity index (χ1) is 9.31. The molecule has 0 aliphatic carbocycles. The summed E-state index contributed by atoms with van der Waals surface area (Å²) in [5, 5.41) is 9.34. The smallest absolute Gasteiger partial charge is 0.353 e. The Morgan fingerprint density at radius 3 is 2.25 bits per heavy atom. The van der Waals surface area contributed by atoms with Gasteiger partial charge in [-0.1, -0.05) is 23.2 Å². The minimum atomic E-state index is -1.43. The number of carbonyl (C=O) groups is 1. The first-order valence-electron chi connectivity index (χ1n) is 5.06. The fourth-order valence-electron chi connectivity index (χ4n) is 1.57. The maximum atomic E-state index is 12.1. The quantitative estimate of drug-likeness (QED) is 0.837. The van der Waals surface area contributed by atoms with Crippen LogP contribution in [0.4, 0.5) is 0 Å². The number of hydrogen-bond donors (Lipinski definition) is 2. The van der Waals surface area contributed by atoms with Gasteiger partial charge < -0.3 is 5.11 Å². The van der Waals surface area contributed by atoms with Crippen molar-refractivity contribution in [1.29, 1.82) is 0 Å². The lowest BCUT2D eigenvalue weighted by Crippen LogP contribution is -2.36. The molecular weight excluding hydrogens is 375 g/mol. The third-order valence-corrected chi connectivity index (χ3v) is 3.54. The summed E-state index contributed by atoms with van der Waals surface area (Å²) in [5.74, 6) is -1.43. The zero-order valence-electron chi connectivity index (χ0n) is 9.49. The highest BCUT2D eigenvalue weighted by Gasteiger charge is 2.18. The number of carboxylic acids is 1. The normalized spacial score (nSPS) is 10.6. The van der Waals surface area contributed by atoms with Crippen molar-refractivity contribution in [3.63, 3.8) is 0 Å². The van der Waals surface area contributed by atoms with Gasteiger partial charge in [0.1, 0.15) is 10.2 Å². The van der Waals surface area contributed by atoms with Crippen LogP contribution in [-0.4, -0.2) is 20.6 Å². The topological polar surface area (TPSA) is 92.2 Å². The highest BCUT2D eigenvalue weighted by Crippen LogP contribution is 2.20. The van der Waals surface area contributed by atoms with Gasteiger partial charge in [0.2, 0.25) is 0 Å². The van der Waals surface area contributed by atoms with Crippen LogP contribution >= 0.6 is 39.1 Å². The molecule has 20 heavy (non-hydrogen) atoms. The van der Waals surface area contributed by atoms with Crippen molar-refractivity contribution in [2.75, 3.05) is 0 Å². The average Bonchev–Trinajstić information content (AvgIpc) is 2.32. The van der Waals surface area contributed by atoms with E-state index < -0.39 is 22.9 Å². The molecule has 1 aromatic heterocycles. The Morgan fingerprint density at radius 2 is 1.75 bits per heavy atom. The summed E-state index contributed by atoms with van der Waals surface area (Å²) in [6, 6.07) is 4.15. The molecule has 0 saturated heterocycles. The number of benzene rings is 1. The van der Waals surface area contributed by atoms with Gasteiger partial charge in [0.15, 0.2) is 0 Å². The number of hydrogen-bond acceptors (Lipinski definition) is 3. The van der Waals surface area contributed by atoms with Crippen LogP contribution in [0.25, 0.3) is 5.69 Å². The molecule has 0 spiro atoms. The molecule has 0 saturated carbocycles. The number of carboxylic acid groups (broad SMARTS) is 1. The van der Waals surface area contributed by atoms with Crippen LogP contribution < -0.4 is 11.2 Å². The van der Waals surface area contributed by atoms with E-state index in [1.807, 2.05) is 0 Å². The molecule has 0 aliphatic heterocycles. The molecule has 2 N–H and O–H groups in total. The Balaban J connectivity index is 2.83. The molecule has 0 bridgehead atoms. The van der Waals surface area contributed by atoms with Gasteiger partial charge in [0.25, 0.3) is 5.56 Å². The third kappa shape index (κ3) is 2.65. The Bertz CT molecular complexity index is 808. The molecule has 2 rings (SSSR count). The molecule has 0 unspecified atom stereocenters. The predicted molar refractivity (Wildman–Crippen MR) is 77.3 cm³/mol. The van der Waals surface area contributed by atoms with E-state index >= 15 is 0 Å². The van der Waals surface area contributed by atoms with E-state index in [0.29, 0.717) is 0 Å². The van der Waals surface area contributed by atoms with E-state index in [1.54, 1.807) is 0 Å². The van der Waals surface area contributed by atoms with Crippen molar-refractivity contribution in [3.05, 3.63) is 59.2 Å². The number of aromatic nitrogens is 2. The van der Waals surface area contributed by atoms with Crippen molar-refractivity contribution in [2.45, 2.75) is 0 Å². The Hall–Kier alpha value is -1.57.